The molecule has 1 N–H and O–H groups in total. The number of carbonyl (C=O) groups is 1. The zero-order valence-corrected chi connectivity index (χ0v) is 10.5. The molecule has 0 aromatic heterocycles. The molecule has 0 spiro atoms. The third-order valence-electron chi connectivity index (χ3n) is 3.05. The van der Waals surface area contributed by atoms with Crippen LogP contribution in [0.15, 0.2) is 12.3 Å². The first-order valence-corrected chi connectivity index (χ1v) is 5.62. The van der Waals surface area contributed by atoms with E-state index >= 15 is 0 Å². The van der Waals surface area contributed by atoms with Crippen LogP contribution >= 0.6 is 0 Å². The summed E-state index contributed by atoms with van der Waals surface area (Å²) in [6.45, 7) is 8.45. The van der Waals surface area contributed by atoms with Gasteiger partial charge in [-0.1, -0.05) is 0 Å². The summed E-state index contributed by atoms with van der Waals surface area (Å²) in [7, 11) is 0. The lowest BCUT2D eigenvalue weighted by Gasteiger charge is -2.50. The summed E-state index contributed by atoms with van der Waals surface area (Å²) in [5.74, 6) is -0.993. The van der Waals surface area contributed by atoms with Gasteiger partial charge in [-0.25, -0.2) is 4.79 Å². The number of piperidine rings is 1. The number of hydroxylamine groups is 2. The Labute approximate surface area is 96.8 Å². The first-order chi connectivity index (χ1) is 7.26. The lowest BCUT2D eigenvalue weighted by molar-refractivity contribution is -0.246. The van der Waals surface area contributed by atoms with E-state index in [1.807, 2.05) is 5.06 Å². The van der Waals surface area contributed by atoms with Crippen LogP contribution in [-0.4, -0.2) is 27.2 Å². The van der Waals surface area contributed by atoms with E-state index in [1.54, 1.807) is 0 Å². The third-order valence-corrected chi connectivity index (χ3v) is 3.05. The van der Waals surface area contributed by atoms with Gasteiger partial charge >= 0.3 is 5.97 Å². The Morgan fingerprint density at radius 1 is 1.25 bits per heavy atom. The van der Waals surface area contributed by atoms with Crippen molar-refractivity contribution < 1.29 is 14.7 Å². The number of carboxylic acids is 1. The van der Waals surface area contributed by atoms with E-state index in [0.717, 1.165) is 18.9 Å². The molecular weight excluding hydrogens is 206 g/mol. The molecule has 1 heterocycles. The SMILES string of the molecule is CC1(C)CCCC(C)(C)N1OC=CC(=O)O. The average molecular weight is 227 g/mol. The molecular formula is C12H21NO3. The molecule has 1 aliphatic rings. The molecule has 4 nitrogen and oxygen atoms in total. The van der Waals surface area contributed by atoms with Gasteiger partial charge < -0.3 is 9.94 Å². The lowest BCUT2D eigenvalue weighted by Crippen LogP contribution is -2.57. The first-order valence-electron chi connectivity index (χ1n) is 5.62. The largest absolute Gasteiger partial charge is 0.478 e. The molecule has 1 saturated heterocycles. The predicted molar refractivity (Wildman–Crippen MR) is 61.7 cm³/mol. The van der Waals surface area contributed by atoms with Crippen molar-refractivity contribution >= 4 is 5.97 Å². The van der Waals surface area contributed by atoms with Crippen molar-refractivity contribution in [1.29, 1.82) is 0 Å². The maximum atomic E-state index is 10.4. The number of nitrogens with zero attached hydrogens (tertiary/aromatic N) is 1. The van der Waals surface area contributed by atoms with E-state index < -0.39 is 5.97 Å². The summed E-state index contributed by atoms with van der Waals surface area (Å²) >= 11 is 0. The number of rotatable bonds is 3. The van der Waals surface area contributed by atoms with Gasteiger partial charge in [0.1, 0.15) is 6.26 Å². The quantitative estimate of drug-likeness (QED) is 0.594. The Balaban J connectivity index is 2.75. The van der Waals surface area contributed by atoms with Crippen LogP contribution in [0.4, 0.5) is 0 Å². The fourth-order valence-electron chi connectivity index (χ4n) is 2.41. The van der Waals surface area contributed by atoms with Crippen molar-refractivity contribution in [2.24, 2.45) is 0 Å². The zero-order chi connectivity index (χ0) is 12.4. The van der Waals surface area contributed by atoms with E-state index in [0.29, 0.717) is 0 Å². The molecule has 0 atom stereocenters. The molecule has 16 heavy (non-hydrogen) atoms. The van der Waals surface area contributed by atoms with E-state index in [-0.39, 0.29) is 11.1 Å². The van der Waals surface area contributed by atoms with Gasteiger partial charge in [-0.2, -0.15) is 0 Å². The summed E-state index contributed by atoms with van der Waals surface area (Å²) in [4.78, 5) is 15.9. The van der Waals surface area contributed by atoms with Crippen molar-refractivity contribution in [1.82, 2.24) is 5.06 Å². The average Bonchev–Trinajstić information content (AvgIpc) is 2.08. The predicted octanol–water partition coefficient (Wildman–Crippen LogP) is 2.56. The number of hydrogen-bond acceptors (Lipinski definition) is 3. The highest BCUT2D eigenvalue weighted by Crippen LogP contribution is 2.38. The second kappa shape index (κ2) is 4.45. The molecule has 1 fully saturated rings. The first kappa shape index (κ1) is 13.0. The zero-order valence-electron chi connectivity index (χ0n) is 10.5. The van der Waals surface area contributed by atoms with Gasteiger partial charge in [0.2, 0.25) is 0 Å². The molecule has 0 unspecified atom stereocenters. The maximum Gasteiger partial charge on any atom is 0.331 e. The fourth-order valence-corrected chi connectivity index (χ4v) is 2.41. The second-order valence-electron chi connectivity index (χ2n) is 5.52. The van der Waals surface area contributed by atoms with Crippen LogP contribution in [0.2, 0.25) is 0 Å². The van der Waals surface area contributed by atoms with Gasteiger partial charge in [0.15, 0.2) is 0 Å². The van der Waals surface area contributed by atoms with E-state index in [9.17, 15) is 4.79 Å². The van der Waals surface area contributed by atoms with Gasteiger partial charge in [0.05, 0.1) is 17.2 Å². The minimum Gasteiger partial charge on any atom is -0.478 e. The van der Waals surface area contributed by atoms with Crippen molar-refractivity contribution in [2.75, 3.05) is 0 Å². The topological polar surface area (TPSA) is 49.8 Å². The van der Waals surface area contributed by atoms with Crippen molar-refractivity contribution in [3.05, 3.63) is 12.3 Å². The Bertz CT molecular complexity index is 279. The molecule has 0 aromatic carbocycles. The Hall–Kier alpha value is -1.03. The summed E-state index contributed by atoms with van der Waals surface area (Å²) in [5, 5.41) is 10.4. The van der Waals surface area contributed by atoms with Crippen molar-refractivity contribution in [3.8, 4) is 0 Å². The monoisotopic (exact) mass is 227 g/mol. The molecule has 92 valence electrons. The lowest BCUT2D eigenvalue weighted by atomic mass is 9.82. The minimum atomic E-state index is -0.993. The van der Waals surface area contributed by atoms with Crippen LogP contribution in [0.25, 0.3) is 0 Å². The highest BCUT2D eigenvalue weighted by Gasteiger charge is 2.42. The molecule has 0 bridgehead atoms. The second-order valence-corrected chi connectivity index (χ2v) is 5.52. The van der Waals surface area contributed by atoms with Gasteiger partial charge in [0.25, 0.3) is 0 Å². The fraction of sp³-hybridized carbons (Fsp3) is 0.750. The van der Waals surface area contributed by atoms with Gasteiger partial charge in [-0.3, -0.25) is 0 Å². The van der Waals surface area contributed by atoms with Crippen molar-refractivity contribution in [2.45, 2.75) is 58.0 Å². The van der Waals surface area contributed by atoms with Crippen LogP contribution < -0.4 is 0 Å². The summed E-state index contributed by atoms with van der Waals surface area (Å²) in [5.41, 5.74) is -0.130. The minimum absolute atomic E-state index is 0.0649. The number of carboxylic acid groups (broad SMARTS) is 1. The molecule has 4 heteroatoms. The summed E-state index contributed by atoms with van der Waals surface area (Å²) < 4.78 is 0. The number of aliphatic carboxylic acids is 1. The number of hydrogen-bond donors (Lipinski definition) is 1. The summed E-state index contributed by atoms with van der Waals surface area (Å²) in [6, 6.07) is 0. The van der Waals surface area contributed by atoms with Gasteiger partial charge in [-0.05, 0) is 47.0 Å². The Morgan fingerprint density at radius 2 is 1.75 bits per heavy atom. The van der Waals surface area contributed by atoms with E-state index in [2.05, 4.69) is 27.7 Å². The highest BCUT2D eigenvalue weighted by atomic mass is 16.7. The van der Waals surface area contributed by atoms with E-state index in [1.165, 1.54) is 12.7 Å². The Kier molecular flexibility index (Phi) is 3.63. The smallest absolute Gasteiger partial charge is 0.331 e. The van der Waals surface area contributed by atoms with Crippen molar-refractivity contribution in [3.63, 3.8) is 0 Å². The van der Waals surface area contributed by atoms with Gasteiger partial charge in [-0.15, -0.1) is 5.06 Å². The molecule has 0 aliphatic carbocycles. The van der Waals surface area contributed by atoms with E-state index in [4.69, 9.17) is 9.94 Å². The molecule has 0 radical (unpaired) electrons. The standard InChI is InChI=1S/C12H21NO3/c1-11(2)7-5-8-12(3,4)13(11)16-9-6-10(14)15/h6,9H,5,7-8H2,1-4H3,(H,14,15). The molecule has 0 amide bonds. The third kappa shape index (κ3) is 2.98. The van der Waals surface area contributed by atoms with Crippen LogP contribution in [0.1, 0.15) is 47.0 Å². The molecule has 0 aromatic rings. The molecule has 0 saturated carbocycles. The highest BCUT2D eigenvalue weighted by molar-refractivity contribution is 5.79. The van der Waals surface area contributed by atoms with Crippen LogP contribution in [0.5, 0.6) is 0 Å². The van der Waals surface area contributed by atoms with Gasteiger partial charge in [0, 0.05) is 0 Å². The van der Waals surface area contributed by atoms with Crippen LogP contribution in [-0.2, 0) is 9.63 Å². The Morgan fingerprint density at radius 3 is 2.19 bits per heavy atom. The normalized spacial score (nSPS) is 24.5. The maximum absolute atomic E-state index is 10.4. The molecule has 1 aliphatic heterocycles. The van der Waals surface area contributed by atoms with Crippen LogP contribution in [0, 0.1) is 0 Å². The van der Waals surface area contributed by atoms with Crippen LogP contribution in [0.3, 0.4) is 0 Å². The summed E-state index contributed by atoms with van der Waals surface area (Å²) in [6.07, 6.45) is 5.54. The molecule has 1 rings (SSSR count).